The van der Waals surface area contributed by atoms with Gasteiger partial charge in [0, 0.05) is 11.4 Å². The molecule has 1 aromatic carbocycles. The van der Waals surface area contributed by atoms with Crippen molar-refractivity contribution in [3.8, 4) is 0 Å². The van der Waals surface area contributed by atoms with Gasteiger partial charge in [-0.1, -0.05) is 42.6 Å². The molecule has 2 aliphatic carbocycles. The van der Waals surface area contributed by atoms with E-state index in [-0.39, 0.29) is 0 Å². The molecule has 0 heterocycles. The van der Waals surface area contributed by atoms with Crippen LogP contribution >= 0.6 is 11.6 Å². The number of aliphatic hydroxyl groups is 1. The molecule has 2 heteroatoms. The predicted molar refractivity (Wildman–Crippen MR) is 79.5 cm³/mol. The van der Waals surface area contributed by atoms with Gasteiger partial charge in [-0.15, -0.1) is 0 Å². The summed E-state index contributed by atoms with van der Waals surface area (Å²) in [5, 5.41) is 11.6. The molecule has 0 amide bonds. The third-order valence-corrected chi connectivity index (χ3v) is 5.75. The summed E-state index contributed by atoms with van der Waals surface area (Å²) >= 11 is 6.21. The van der Waals surface area contributed by atoms with Crippen LogP contribution < -0.4 is 0 Å². The Morgan fingerprint density at radius 1 is 0.947 bits per heavy atom. The lowest BCUT2D eigenvalue weighted by molar-refractivity contribution is -0.0322. The Bertz CT molecular complexity index is 438. The molecule has 2 aliphatic rings. The lowest BCUT2D eigenvalue weighted by Gasteiger charge is -2.42. The normalized spacial score (nSPS) is 24.7. The molecular formula is C17H23ClO. The second-order valence-corrected chi connectivity index (χ2v) is 7.11. The van der Waals surface area contributed by atoms with E-state index in [0.717, 1.165) is 23.4 Å². The van der Waals surface area contributed by atoms with Crippen LogP contribution in [0.3, 0.4) is 0 Å². The Morgan fingerprint density at radius 3 is 2.21 bits per heavy atom. The second-order valence-electron chi connectivity index (χ2n) is 6.70. The maximum absolute atomic E-state index is 10.8. The zero-order chi connectivity index (χ0) is 13.3. The van der Waals surface area contributed by atoms with E-state index in [1.165, 1.54) is 38.5 Å². The summed E-state index contributed by atoms with van der Waals surface area (Å²) in [7, 11) is 0. The first-order valence-corrected chi connectivity index (χ1v) is 7.95. The van der Waals surface area contributed by atoms with Crippen molar-refractivity contribution >= 4 is 11.6 Å². The van der Waals surface area contributed by atoms with Gasteiger partial charge in [0.15, 0.2) is 0 Å². The minimum absolute atomic E-state index is 0.529. The second kappa shape index (κ2) is 5.10. The summed E-state index contributed by atoms with van der Waals surface area (Å²) in [5.74, 6) is 0. The van der Waals surface area contributed by atoms with Gasteiger partial charge >= 0.3 is 0 Å². The van der Waals surface area contributed by atoms with Crippen LogP contribution in [0.4, 0.5) is 0 Å². The maximum Gasteiger partial charge on any atom is 0.0688 e. The Morgan fingerprint density at radius 2 is 1.58 bits per heavy atom. The topological polar surface area (TPSA) is 20.2 Å². The molecule has 19 heavy (non-hydrogen) atoms. The lowest BCUT2D eigenvalue weighted by Crippen LogP contribution is -2.39. The summed E-state index contributed by atoms with van der Waals surface area (Å²) in [6.45, 7) is 0. The fourth-order valence-corrected chi connectivity index (χ4v) is 4.25. The van der Waals surface area contributed by atoms with Crippen molar-refractivity contribution in [2.24, 2.45) is 5.41 Å². The Hall–Kier alpha value is -0.530. The summed E-state index contributed by atoms with van der Waals surface area (Å²) in [5.41, 5.74) is 1.14. The van der Waals surface area contributed by atoms with Crippen molar-refractivity contribution < 1.29 is 5.11 Å². The highest BCUT2D eigenvalue weighted by Crippen LogP contribution is 2.51. The fraction of sp³-hybridized carbons (Fsp3) is 0.647. The molecule has 3 rings (SSSR count). The van der Waals surface area contributed by atoms with Gasteiger partial charge in [0.2, 0.25) is 0 Å². The van der Waals surface area contributed by atoms with Gasteiger partial charge in [-0.3, -0.25) is 0 Å². The molecule has 1 spiro atoms. The van der Waals surface area contributed by atoms with E-state index in [0.29, 0.717) is 11.8 Å². The molecule has 0 aliphatic heterocycles. The molecule has 2 fully saturated rings. The van der Waals surface area contributed by atoms with E-state index in [2.05, 4.69) is 0 Å². The zero-order valence-electron chi connectivity index (χ0n) is 11.5. The summed E-state index contributed by atoms with van der Waals surface area (Å²) in [4.78, 5) is 0. The average Bonchev–Trinajstić information content (AvgIpc) is 2.86. The summed E-state index contributed by atoms with van der Waals surface area (Å²) < 4.78 is 0. The van der Waals surface area contributed by atoms with E-state index in [1.807, 2.05) is 24.3 Å². The van der Waals surface area contributed by atoms with Crippen LogP contribution in [-0.2, 0) is 6.42 Å². The van der Waals surface area contributed by atoms with Crippen LogP contribution in [0.15, 0.2) is 24.3 Å². The standard InChI is InChI=1S/C17H23ClO/c18-15-6-2-1-5-14(15)13-17(19)11-9-16(10-12-17)7-3-4-8-16/h1-2,5-6,19H,3-4,7-13H2. The molecule has 0 unspecified atom stereocenters. The predicted octanol–water partition coefficient (Wildman–Crippen LogP) is 4.75. The van der Waals surface area contributed by atoms with Crippen LogP contribution in [0.5, 0.6) is 0 Å². The Balaban J connectivity index is 1.67. The average molecular weight is 279 g/mol. The molecule has 0 saturated heterocycles. The van der Waals surface area contributed by atoms with Crippen LogP contribution in [0.25, 0.3) is 0 Å². The Labute approximate surface area is 121 Å². The molecule has 2 saturated carbocycles. The van der Waals surface area contributed by atoms with Crippen molar-refractivity contribution in [1.29, 1.82) is 0 Å². The first-order chi connectivity index (χ1) is 9.11. The monoisotopic (exact) mass is 278 g/mol. The van der Waals surface area contributed by atoms with Gasteiger partial charge in [-0.2, -0.15) is 0 Å². The third-order valence-electron chi connectivity index (χ3n) is 5.38. The largest absolute Gasteiger partial charge is 0.390 e. The van der Waals surface area contributed by atoms with Crippen molar-refractivity contribution in [2.45, 2.75) is 63.4 Å². The molecular weight excluding hydrogens is 256 g/mol. The minimum Gasteiger partial charge on any atom is -0.390 e. The summed E-state index contributed by atoms with van der Waals surface area (Å²) in [6, 6.07) is 7.91. The number of benzene rings is 1. The fourth-order valence-electron chi connectivity index (χ4n) is 4.04. The van der Waals surface area contributed by atoms with E-state index >= 15 is 0 Å². The van der Waals surface area contributed by atoms with Gasteiger partial charge < -0.3 is 5.11 Å². The highest BCUT2D eigenvalue weighted by Gasteiger charge is 2.43. The van der Waals surface area contributed by atoms with Crippen molar-refractivity contribution in [2.75, 3.05) is 0 Å². The quantitative estimate of drug-likeness (QED) is 0.828. The Kier molecular flexibility index (Phi) is 3.61. The molecule has 104 valence electrons. The van der Waals surface area contributed by atoms with Crippen LogP contribution in [0.2, 0.25) is 5.02 Å². The molecule has 0 radical (unpaired) electrons. The maximum atomic E-state index is 10.8. The van der Waals surface area contributed by atoms with Gasteiger partial charge in [-0.25, -0.2) is 0 Å². The molecule has 1 nitrogen and oxygen atoms in total. The SMILES string of the molecule is OC1(Cc2ccccc2Cl)CCC2(CCCC2)CC1. The van der Waals surface area contributed by atoms with E-state index in [9.17, 15) is 5.11 Å². The number of halogens is 1. The van der Waals surface area contributed by atoms with Gasteiger partial charge in [0.25, 0.3) is 0 Å². The smallest absolute Gasteiger partial charge is 0.0688 e. The molecule has 0 atom stereocenters. The van der Waals surface area contributed by atoms with Crippen LogP contribution in [0.1, 0.15) is 56.9 Å². The number of hydrogen-bond donors (Lipinski definition) is 1. The van der Waals surface area contributed by atoms with Gasteiger partial charge in [0.1, 0.15) is 0 Å². The minimum atomic E-state index is -0.529. The van der Waals surface area contributed by atoms with Gasteiger partial charge in [-0.05, 0) is 55.6 Å². The first kappa shape index (κ1) is 13.5. The molecule has 0 bridgehead atoms. The van der Waals surface area contributed by atoms with Crippen LogP contribution in [0, 0.1) is 5.41 Å². The molecule has 0 aromatic heterocycles. The van der Waals surface area contributed by atoms with Crippen molar-refractivity contribution in [3.63, 3.8) is 0 Å². The van der Waals surface area contributed by atoms with Gasteiger partial charge in [0.05, 0.1) is 5.60 Å². The highest BCUT2D eigenvalue weighted by atomic mass is 35.5. The van der Waals surface area contributed by atoms with E-state index < -0.39 is 5.60 Å². The van der Waals surface area contributed by atoms with E-state index in [1.54, 1.807) is 0 Å². The van der Waals surface area contributed by atoms with Crippen molar-refractivity contribution in [3.05, 3.63) is 34.9 Å². The number of hydrogen-bond acceptors (Lipinski definition) is 1. The first-order valence-electron chi connectivity index (χ1n) is 7.57. The number of rotatable bonds is 2. The lowest BCUT2D eigenvalue weighted by atomic mass is 9.66. The van der Waals surface area contributed by atoms with Crippen molar-refractivity contribution in [1.82, 2.24) is 0 Å². The molecule has 1 N–H and O–H groups in total. The molecule has 1 aromatic rings. The highest BCUT2D eigenvalue weighted by molar-refractivity contribution is 6.31. The summed E-state index contributed by atoms with van der Waals surface area (Å²) in [6.07, 6.45) is 10.6. The van der Waals surface area contributed by atoms with E-state index in [4.69, 9.17) is 11.6 Å². The van der Waals surface area contributed by atoms with Crippen LogP contribution in [-0.4, -0.2) is 10.7 Å². The third kappa shape index (κ3) is 2.83. The zero-order valence-corrected chi connectivity index (χ0v) is 12.3.